The largest absolute Gasteiger partial charge is 0.494 e. The summed E-state index contributed by atoms with van der Waals surface area (Å²) in [7, 11) is 1.55. The van der Waals surface area contributed by atoms with E-state index in [0.29, 0.717) is 54.5 Å². The van der Waals surface area contributed by atoms with Crippen molar-refractivity contribution in [2.24, 2.45) is 4.99 Å². The number of fused-ring (bicyclic) bond motifs is 1. The second-order valence-corrected chi connectivity index (χ2v) is 12.3. The number of methoxy groups -OCH3 is 1. The van der Waals surface area contributed by atoms with Gasteiger partial charge in [-0.15, -0.1) is 0 Å². The molecule has 1 aliphatic heterocycles. The molecule has 1 aromatic heterocycles. The molecule has 1 aliphatic rings. The molecule has 3 aromatic carbocycles. The maximum Gasteiger partial charge on any atom is 0.338 e. The lowest BCUT2D eigenvalue weighted by Crippen LogP contribution is -2.40. The third kappa shape index (κ3) is 7.11. The van der Waals surface area contributed by atoms with Crippen LogP contribution in [0.3, 0.4) is 0 Å². The van der Waals surface area contributed by atoms with Crippen molar-refractivity contribution in [1.29, 1.82) is 0 Å². The molecule has 5 rings (SSSR count). The normalized spacial score (nSPS) is 14.7. The predicted octanol–water partition coefficient (Wildman–Crippen LogP) is 6.48. The molecule has 0 N–H and O–H groups in total. The van der Waals surface area contributed by atoms with E-state index in [1.807, 2.05) is 43.3 Å². The van der Waals surface area contributed by atoms with Crippen LogP contribution in [0, 0.1) is 0 Å². The minimum atomic E-state index is -0.727. The Morgan fingerprint density at radius 3 is 2.47 bits per heavy atom. The molecular weight excluding hydrogens is 635 g/mol. The number of hydrogen-bond donors (Lipinski definition) is 0. The van der Waals surface area contributed by atoms with Gasteiger partial charge in [-0.1, -0.05) is 58.8 Å². The summed E-state index contributed by atoms with van der Waals surface area (Å²) in [6, 6.07) is 17.3. The van der Waals surface area contributed by atoms with E-state index in [1.165, 1.54) is 11.3 Å². The molecule has 0 unspecified atom stereocenters. The summed E-state index contributed by atoms with van der Waals surface area (Å²) in [5.74, 6) is 1.18. The third-order valence-corrected chi connectivity index (χ3v) is 8.54. The zero-order chi connectivity index (χ0) is 32.2. The second kappa shape index (κ2) is 13.9. The van der Waals surface area contributed by atoms with E-state index in [0.717, 1.165) is 16.7 Å². The number of carbonyl (C=O) groups is 1. The fourth-order valence-electron chi connectivity index (χ4n) is 4.93. The van der Waals surface area contributed by atoms with Crippen molar-refractivity contribution in [1.82, 2.24) is 4.57 Å². The summed E-state index contributed by atoms with van der Waals surface area (Å²) in [6.07, 6.45) is 1.43. The number of benzene rings is 3. The number of hydrogen-bond acceptors (Lipinski definition) is 8. The summed E-state index contributed by atoms with van der Waals surface area (Å²) >= 11 is 13.5. The summed E-state index contributed by atoms with van der Waals surface area (Å²) in [5.41, 5.74) is 2.77. The highest BCUT2D eigenvalue weighted by molar-refractivity contribution is 7.07. The Bertz CT molecular complexity index is 1950. The molecule has 0 aliphatic carbocycles. The number of nitrogens with zero attached hydrogens (tertiary/aromatic N) is 2. The first-order valence-electron chi connectivity index (χ1n) is 14.3. The Kier molecular flexibility index (Phi) is 10.0. The van der Waals surface area contributed by atoms with Crippen LogP contribution in [-0.2, 0) is 16.1 Å². The summed E-state index contributed by atoms with van der Waals surface area (Å²) in [6.45, 7) is 7.98. The van der Waals surface area contributed by atoms with Crippen LogP contribution in [0.1, 0.15) is 50.4 Å². The average molecular weight is 668 g/mol. The van der Waals surface area contributed by atoms with Crippen LogP contribution in [-0.4, -0.2) is 30.4 Å². The first-order valence-corrected chi connectivity index (χ1v) is 15.9. The number of halogens is 2. The molecule has 11 heteroatoms. The van der Waals surface area contributed by atoms with Crippen molar-refractivity contribution in [2.45, 2.75) is 46.4 Å². The number of thiazole rings is 1. The van der Waals surface area contributed by atoms with Gasteiger partial charge in [0.25, 0.3) is 5.56 Å². The zero-order valence-corrected chi connectivity index (χ0v) is 27.8. The van der Waals surface area contributed by atoms with Gasteiger partial charge in [-0.05, 0) is 81.3 Å². The average Bonchev–Trinajstić information content (AvgIpc) is 3.30. The highest BCUT2D eigenvalue weighted by atomic mass is 35.5. The number of carbonyl (C=O) groups excluding carboxylic acids is 1. The molecule has 1 atom stereocenters. The molecule has 8 nitrogen and oxygen atoms in total. The van der Waals surface area contributed by atoms with Crippen LogP contribution in [0.2, 0.25) is 10.0 Å². The van der Waals surface area contributed by atoms with E-state index >= 15 is 0 Å². The van der Waals surface area contributed by atoms with Gasteiger partial charge in [0.05, 0.1) is 41.7 Å². The molecule has 0 fully saturated rings. The quantitative estimate of drug-likeness (QED) is 0.180. The minimum Gasteiger partial charge on any atom is -0.494 e. The van der Waals surface area contributed by atoms with Crippen LogP contribution in [0.4, 0.5) is 0 Å². The van der Waals surface area contributed by atoms with Gasteiger partial charge in [-0.25, -0.2) is 9.79 Å². The Morgan fingerprint density at radius 1 is 1.04 bits per heavy atom. The molecule has 2 heterocycles. The van der Waals surface area contributed by atoms with E-state index in [-0.39, 0.29) is 18.3 Å². The van der Waals surface area contributed by atoms with Crippen LogP contribution in [0.5, 0.6) is 17.2 Å². The Morgan fingerprint density at radius 2 is 1.80 bits per heavy atom. The van der Waals surface area contributed by atoms with E-state index in [9.17, 15) is 9.59 Å². The lowest BCUT2D eigenvalue weighted by atomic mass is 9.96. The second-order valence-electron chi connectivity index (χ2n) is 10.5. The van der Waals surface area contributed by atoms with Gasteiger partial charge in [-0.2, -0.15) is 0 Å². The van der Waals surface area contributed by atoms with Gasteiger partial charge < -0.3 is 18.9 Å². The van der Waals surface area contributed by atoms with Crippen molar-refractivity contribution < 1.29 is 23.7 Å². The molecule has 0 bridgehead atoms. The molecule has 0 amide bonds. The van der Waals surface area contributed by atoms with E-state index in [4.69, 9.17) is 42.1 Å². The van der Waals surface area contributed by atoms with Gasteiger partial charge >= 0.3 is 5.97 Å². The summed E-state index contributed by atoms with van der Waals surface area (Å²) in [5, 5.41) is 1.05. The van der Waals surface area contributed by atoms with E-state index in [1.54, 1.807) is 62.8 Å². The first-order chi connectivity index (χ1) is 21.6. The zero-order valence-electron chi connectivity index (χ0n) is 25.4. The van der Waals surface area contributed by atoms with Gasteiger partial charge in [-0.3, -0.25) is 9.36 Å². The lowest BCUT2D eigenvalue weighted by Gasteiger charge is -2.25. The molecule has 0 saturated carbocycles. The van der Waals surface area contributed by atoms with Crippen LogP contribution < -0.4 is 29.1 Å². The number of allylic oxidation sites excluding steroid dienone is 1. The van der Waals surface area contributed by atoms with Gasteiger partial charge in [0, 0.05) is 15.6 Å². The maximum atomic E-state index is 14.0. The molecule has 45 heavy (non-hydrogen) atoms. The smallest absolute Gasteiger partial charge is 0.338 e. The molecule has 4 aromatic rings. The third-order valence-electron chi connectivity index (χ3n) is 6.97. The van der Waals surface area contributed by atoms with Crippen molar-refractivity contribution >= 4 is 46.6 Å². The van der Waals surface area contributed by atoms with Crippen LogP contribution >= 0.6 is 34.5 Å². The first kappa shape index (κ1) is 32.3. The highest BCUT2D eigenvalue weighted by Gasteiger charge is 2.33. The molecular formula is C34H32Cl2N2O6S. The van der Waals surface area contributed by atoms with E-state index in [2.05, 4.69) is 4.99 Å². The molecule has 0 spiro atoms. The summed E-state index contributed by atoms with van der Waals surface area (Å²) in [4.78, 5) is 32.5. The van der Waals surface area contributed by atoms with Crippen molar-refractivity contribution in [3.8, 4) is 17.2 Å². The number of ether oxygens (including phenoxy) is 4. The van der Waals surface area contributed by atoms with Crippen LogP contribution in [0.15, 0.2) is 81.7 Å². The van der Waals surface area contributed by atoms with E-state index < -0.39 is 12.0 Å². The van der Waals surface area contributed by atoms with Gasteiger partial charge in [0.2, 0.25) is 0 Å². The minimum absolute atomic E-state index is 0.219. The monoisotopic (exact) mass is 666 g/mol. The van der Waals surface area contributed by atoms with Crippen molar-refractivity contribution in [2.75, 3.05) is 13.7 Å². The van der Waals surface area contributed by atoms with Gasteiger partial charge in [0.1, 0.15) is 12.4 Å². The van der Waals surface area contributed by atoms with Crippen LogP contribution in [0.25, 0.3) is 6.08 Å². The highest BCUT2D eigenvalue weighted by Crippen LogP contribution is 2.33. The van der Waals surface area contributed by atoms with Crippen molar-refractivity contribution in [3.05, 3.63) is 118 Å². The Labute approximate surface area is 274 Å². The fourth-order valence-corrected chi connectivity index (χ4v) is 6.44. The summed E-state index contributed by atoms with van der Waals surface area (Å²) < 4.78 is 24.8. The molecule has 234 valence electrons. The topological polar surface area (TPSA) is 88.4 Å². The van der Waals surface area contributed by atoms with Gasteiger partial charge in [0.15, 0.2) is 16.3 Å². The standard InChI is InChI=1S/C34H32Cl2N2O6S/c1-6-42-25-12-9-22(10-13-25)31-30(33(40)44-19(2)3)20(4)37-34-38(31)32(39)29(45-34)16-21-7-14-27(28(15-21)41-5)43-18-23-8-11-24(35)17-26(23)36/h7-17,19,31H,6,18H2,1-5H3/b29-16+/t31-/m1/s1. The number of aromatic nitrogens is 1. The number of esters is 1. The SMILES string of the molecule is CCOc1ccc([C@@H]2C(C(=O)OC(C)C)=C(C)N=c3s/c(=C/c4ccc(OCc5ccc(Cl)cc5Cl)c(OC)c4)c(=O)n32)cc1. The Hall–Kier alpha value is -4.05. The molecule has 0 radical (unpaired) electrons. The van der Waals surface area contributed by atoms with Crippen molar-refractivity contribution in [3.63, 3.8) is 0 Å². The number of rotatable bonds is 10. The predicted molar refractivity (Wildman–Crippen MR) is 176 cm³/mol. The lowest BCUT2D eigenvalue weighted by molar-refractivity contribution is -0.143. The fraction of sp³-hybridized carbons (Fsp3) is 0.265. The maximum absolute atomic E-state index is 14.0. The molecule has 0 saturated heterocycles. The Balaban J connectivity index is 1.53.